The molecule has 2 atom stereocenters. The maximum absolute atomic E-state index is 13.5. The summed E-state index contributed by atoms with van der Waals surface area (Å²) in [5.74, 6) is -3.83. The fourth-order valence-corrected chi connectivity index (χ4v) is 5.15. The first-order chi connectivity index (χ1) is 20.7. The zero-order valence-corrected chi connectivity index (χ0v) is 23.3. The summed E-state index contributed by atoms with van der Waals surface area (Å²) >= 11 is 0. The van der Waals surface area contributed by atoms with E-state index >= 15 is 0 Å². The summed E-state index contributed by atoms with van der Waals surface area (Å²) in [5, 5.41) is 16.3. The van der Waals surface area contributed by atoms with Crippen molar-refractivity contribution < 1.29 is 50.5 Å². The Labute approximate surface area is 248 Å². The van der Waals surface area contributed by atoms with Crippen molar-refractivity contribution in [3.8, 4) is 11.8 Å². The van der Waals surface area contributed by atoms with Gasteiger partial charge in [0.1, 0.15) is 5.75 Å². The smallest absolute Gasteiger partial charge is 0.475 e. The topological polar surface area (TPSA) is 129 Å². The monoisotopic (exact) mass is 626 g/mol. The van der Waals surface area contributed by atoms with Gasteiger partial charge >= 0.3 is 24.5 Å². The van der Waals surface area contributed by atoms with Crippen molar-refractivity contribution in [3.63, 3.8) is 0 Å². The Morgan fingerprint density at radius 3 is 2.34 bits per heavy atom. The summed E-state index contributed by atoms with van der Waals surface area (Å²) in [6, 6.07) is 15.1. The molecule has 1 saturated heterocycles. The fraction of sp³-hybridized carbons (Fsp3) is 0.379. The van der Waals surface area contributed by atoms with Gasteiger partial charge in [-0.2, -0.15) is 18.4 Å². The van der Waals surface area contributed by atoms with E-state index in [2.05, 4.69) is 25.7 Å². The zero-order chi connectivity index (χ0) is 32.5. The third-order valence-corrected chi connectivity index (χ3v) is 7.19. The van der Waals surface area contributed by atoms with E-state index in [1.54, 1.807) is 36.8 Å². The number of aromatic nitrogens is 2. The molecule has 0 saturated carbocycles. The minimum absolute atomic E-state index is 0.0325. The summed E-state index contributed by atoms with van der Waals surface area (Å²) in [7, 11) is 1.30. The number of alkyl halides is 6. The molecule has 0 aliphatic carbocycles. The molecule has 1 aliphatic rings. The lowest BCUT2D eigenvalue weighted by Gasteiger charge is -2.46. The minimum atomic E-state index is -5.08. The second kappa shape index (κ2) is 14.3. The van der Waals surface area contributed by atoms with Gasteiger partial charge in [0, 0.05) is 25.0 Å². The van der Waals surface area contributed by atoms with Gasteiger partial charge in [0.05, 0.1) is 30.5 Å². The van der Waals surface area contributed by atoms with Crippen LogP contribution in [-0.2, 0) is 33.7 Å². The number of para-hydroxylation sites is 1. The zero-order valence-electron chi connectivity index (χ0n) is 23.3. The minimum Gasteiger partial charge on any atom is -0.475 e. The molecule has 2 aromatic carbocycles. The molecule has 2 heterocycles. The van der Waals surface area contributed by atoms with Gasteiger partial charge in [0.15, 0.2) is 0 Å². The van der Waals surface area contributed by atoms with Gasteiger partial charge in [0.25, 0.3) is 0 Å². The Morgan fingerprint density at radius 2 is 1.80 bits per heavy atom. The molecule has 2 unspecified atom stereocenters. The number of ether oxygens (including phenoxy) is 2. The van der Waals surface area contributed by atoms with Crippen LogP contribution in [0.15, 0.2) is 61.1 Å². The Balaban J connectivity index is 0.000000676. The average molecular weight is 627 g/mol. The number of esters is 1. The summed E-state index contributed by atoms with van der Waals surface area (Å²) in [4.78, 5) is 31.7. The highest BCUT2D eigenvalue weighted by Crippen LogP contribution is 2.45. The second-order valence-corrected chi connectivity index (χ2v) is 10.1. The molecule has 15 heteroatoms. The second-order valence-electron chi connectivity index (χ2n) is 10.1. The molecule has 2 N–H and O–H groups in total. The molecule has 1 aliphatic heterocycles. The number of nitrogens with one attached hydrogen (secondary N) is 1. The third-order valence-electron chi connectivity index (χ3n) is 7.19. The first-order valence-electron chi connectivity index (χ1n) is 13.1. The first kappa shape index (κ1) is 33.9. The molecule has 0 radical (unpaired) electrons. The van der Waals surface area contributed by atoms with E-state index in [9.17, 15) is 31.1 Å². The molecular weight excluding hydrogens is 598 g/mol. The predicted octanol–water partition coefficient (Wildman–Crippen LogP) is 5.28. The standard InChI is InChI=1S/C27H27F3N4O3.C2HF3O2/c1-36-25(35)26(13-21-4-2-3-5-24(21)37-27(28,29)30)10-11-34(17-23-15-32-18-33-23)16-22(26)12-19-6-8-20(14-31)9-7-19;3-2(4,5)1(6)7/h2-9,15,18,22H,10-13,16-17H2,1H3,(H,32,33);(H,6,7). The van der Waals surface area contributed by atoms with Gasteiger partial charge in [-0.3, -0.25) is 9.69 Å². The molecular formula is C29H28F6N4O5. The molecule has 3 aromatic rings. The highest BCUT2D eigenvalue weighted by molar-refractivity contribution is 5.78. The van der Waals surface area contributed by atoms with Crippen LogP contribution in [0.25, 0.3) is 0 Å². The Morgan fingerprint density at radius 1 is 1.14 bits per heavy atom. The van der Waals surface area contributed by atoms with Crippen molar-refractivity contribution in [2.75, 3.05) is 20.2 Å². The molecule has 0 spiro atoms. The summed E-state index contributed by atoms with van der Waals surface area (Å²) in [5.41, 5.74) is 1.56. The molecule has 1 fully saturated rings. The number of carboxylic acid groups (broad SMARTS) is 1. The predicted molar refractivity (Wildman–Crippen MR) is 142 cm³/mol. The fourth-order valence-electron chi connectivity index (χ4n) is 5.15. The van der Waals surface area contributed by atoms with Crippen LogP contribution in [0, 0.1) is 22.7 Å². The van der Waals surface area contributed by atoms with Crippen LogP contribution in [0.5, 0.6) is 5.75 Å². The van der Waals surface area contributed by atoms with E-state index in [1.807, 2.05) is 12.1 Å². The van der Waals surface area contributed by atoms with Gasteiger partial charge in [-0.05, 0) is 61.1 Å². The number of aromatic amines is 1. The number of carbonyl (C=O) groups is 2. The lowest BCUT2D eigenvalue weighted by molar-refractivity contribution is -0.275. The SMILES string of the molecule is COC(=O)C1(Cc2ccccc2OC(F)(F)F)CCN(Cc2cnc[nH]2)CC1Cc1ccc(C#N)cc1.O=C(O)C(F)(F)F. The number of rotatable bonds is 8. The lowest BCUT2D eigenvalue weighted by Crippen LogP contribution is -2.53. The van der Waals surface area contributed by atoms with Crippen molar-refractivity contribution in [3.05, 3.63) is 83.4 Å². The third kappa shape index (κ3) is 9.21. The van der Waals surface area contributed by atoms with E-state index in [0.717, 1.165) is 11.3 Å². The molecule has 44 heavy (non-hydrogen) atoms. The molecule has 1 aromatic heterocycles. The lowest BCUT2D eigenvalue weighted by atomic mass is 9.64. The highest BCUT2D eigenvalue weighted by Gasteiger charge is 2.50. The van der Waals surface area contributed by atoms with Crippen LogP contribution in [0.1, 0.15) is 28.8 Å². The number of carboxylic acids is 1. The van der Waals surface area contributed by atoms with Gasteiger partial charge in [-0.25, -0.2) is 9.78 Å². The largest absolute Gasteiger partial charge is 0.573 e. The number of halogens is 6. The van der Waals surface area contributed by atoms with Crippen LogP contribution in [0.3, 0.4) is 0 Å². The van der Waals surface area contributed by atoms with E-state index in [4.69, 9.17) is 19.9 Å². The average Bonchev–Trinajstić information content (AvgIpc) is 3.47. The number of imidazole rings is 1. The number of likely N-dealkylation sites (tertiary alicyclic amines) is 1. The Hall–Kier alpha value is -4.58. The van der Waals surface area contributed by atoms with Gasteiger partial charge in [0.2, 0.25) is 0 Å². The normalized spacial score (nSPS) is 18.8. The molecule has 236 valence electrons. The van der Waals surface area contributed by atoms with Crippen LogP contribution in [0.4, 0.5) is 26.3 Å². The van der Waals surface area contributed by atoms with E-state index in [-0.39, 0.29) is 23.7 Å². The van der Waals surface area contributed by atoms with Crippen molar-refractivity contribution in [1.82, 2.24) is 14.9 Å². The molecule has 4 rings (SSSR count). The number of hydrogen-bond donors (Lipinski definition) is 2. The maximum atomic E-state index is 13.5. The number of carbonyl (C=O) groups excluding carboxylic acids is 1. The molecule has 0 amide bonds. The quantitative estimate of drug-likeness (QED) is 0.255. The number of aliphatic carboxylic acids is 1. The van der Waals surface area contributed by atoms with Crippen LogP contribution in [-0.4, -0.2) is 64.7 Å². The summed E-state index contributed by atoms with van der Waals surface area (Å²) in [6.45, 7) is 1.64. The van der Waals surface area contributed by atoms with Crippen molar-refractivity contribution in [2.24, 2.45) is 11.3 Å². The van der Waals surface area contributed by atoms with E-state index in [0.29, 0.717) is 38.0 Å². The summed E-state index contributed by atoms with van der Waals surface area (Å²) in [6.07, 6.45) is -5.71. The Bertz CT molecular complexity index is 1440. The van der Waals surface area contributed by atoms with Crippen LogP contribution < -0.4 is 4.74 Å². The number of H-pyrrole nitrogens is 1. The van der Waals surface area contributed by atoms with Gasteiger partial charge < -0.3 is 19.6 Å². The maximum Gasteiger partial charge on any atom is 0.573 e. The number of benzene rings is 2. The van der Waals surface area contributed by atoms with E-state index in [1.165, 1.54) is 19.2 Å². The number of piperidine rings is 1. The first-order valence-corrected chi connectivity index (χ1v) is 13.1. The number of nitrogens with zero attached hydrogens (tertiary/aromatic N) is 3. The Kier molecular flexibility index (Phi) is 11.0. The van der Waals surface area contributed by atoms with Crippen molar-refractivity contribution in [2.45, 2.75) is 38.3 Å². The van der Waals surface area contributed by atoms with Crippen molar-refractivity contribution >= 4 is 11.9 Å². The number of methoxy groups -OCH3 is 1. The van der Waals surface area contributed by atoms with Gasteiger partial charge in [-0.1, -0.05) is 30.3 Å². The van der Waals surface area contributed by atoms with Crippen molar-refractivity contribution in [1.29, 1.82) is 5.26 Å². The number of nitriles is 1. The molecule has 0 bridgehead atoms. The highest BCUT2D eigenvalue weighted by atomic mass is 19.4. The van der Waals surface area contributed by atoms with Crippen LogP contribution in [0.2, 0.25) is 0 Å². The van der Waals surface area contributed by atoms with Gasteiger partial charge in [-0.15, -0.1) is 13.2 Å². The molecule has 9 nitrogen and oxygen atoms in total. The summed E-state index contributed by atoms with van der Waals surface area (Å²) < 4.78 is 80.7. The van der Waals surface area contributed by atoms with Crippen LogP contribution >= 0.6 is 0 Å². The van der Waals surface area contributed by atoms with E-state index < -0.39 is 29.9 Å². The number of hydrogen-bond acceptors (Lipinski definition) is 7.